The average Bonchev–Trinajstić information content (AvgIpc) is 2.53. The first kappa shape index (κ1) is 16.8. The van der Waals surface area contributed by atoms with Crippen LogP contribution in [0, 0.1) is 5.92 Å². The molecule has 0 saturated carbocycles. The monoisotopic (exact) mass is 322 g/mol. The third-order valence-corrected chi connectivity index (χ3v) is 4.23. The normalized spacial score (nSPS) is 15.3. The summed E-state index contributed by atoms with van der Waals surface area (Å²) >= 11 is 5.85. The second-order valence-corrected chi connectivity index (χ2v) is 6.42. The molecule has 2 amide bonds. The highest BCUT2D eigenvalue weighted by Gasteiger charge is 2.24. The average molecular weight is 323 g/mol. The molecule has 1 aromatic carbocycles. The van der Waals surface area contributed by atoms with Gasteiger partial charge < -0.3 is 9.80 Å². The van der Waals surface area contributed by atoms with Crippen molar-refractivity contribution < 1.29 is 9.59 Å². The van der Waals surface area contributed by atoms with Gasteiger partial charge in [0.25, 0.3) is 0 Å². The Kier molecular flexibility index (Phi) is 5.83. The lowest BCUT2D eigenvalue weighted by Crippen LogP contribution is -2.51. The van der Waals surface area contributed by atoms with Crippen molar-refractivity contribution in [2.75, 3.05) is 26.2 Å². The number of carbonyl (C=O) groups excluding carboxylic acids is 2. The topological polar surface area (TPSA) is 40.6 Å². The molecule has 1 aliphatic rings. The number of halogens is 1. The number of aryl methyl sites for hydroxylation is 1. The van der Waals surface area contributed by atoms with E-state index in [0.29, 0.717) is 37.6 Å². The molecular formula is C17H23ClN2O2. The van der Waals surface area contributed by atoms with Gasteiger partial charge in [-0.25, -0.2) is 0 Å². The molecule has 0 bridgehead atoms. The molecule has 120 valence electrons. The standard InChI is InChI=1S/C17H23ClN2O2/c1-13(2)17(22)20-11-9-19(10-12-20)16(21)8-5-14-3-6-15(18)7-4-14/h3-4,6-7,13H,5,8-12H2,1-2H3. The van der Waals surface area contributed by atoms with Gasteiger partial charge in [-0.15, -0.1) is 0 Å². The molecule has 0 aromatic heterocycles. The van der Waals surface area contributed by atoms with Crippen molar-refractivity contribution in [2.45, 2.75) is 26.7 Å². The van der Waals surface area contributed by atoms with Crippen molar-refractivity contribution >= 4 is 23.4 Å². The van der Waals surface area contributed by atoms with Crippen LogP contribution in [0.5, 0.6) is 0 Å². The summed E-state index contributed by atoms with van der Waals surface area (Å²) in [6, 6.07) is 7.60. The van der Waals surface area contributed by atoms with E-state index >= 15 is 0 Å². The molecule has 1 aliphatic heterocycles. The van der Waals surface area contributed by atoms with Gasteiger partial charge in [0.2, 0.25) is 11.8 Å². The van der Waals surface area contributed by atoms with Gasteiger partial charge in [0.05, 0.1) is 0 Å². The minimum atomic E-state index is 0.0205. The first-order chi connectivity index (χ1) is 10.5. The molecule has 1 fully saturated rings. The summed E-state index contributed by atoms with van der Waals surface area (Å²) < 4.78 is 0. The van der Waals surface area contributed by atoms with Crippen molar-refractivity contribution in [3.8, 4) is 0 Å². The van der Waals surface area contributed by atoms with Crippen LogP contribution in [0.3, 0.4) is 0 Å². The van der Waals surface area contributed by atoms with Gasteiger partial charge in [-0.3, -0.25) is 9.59 Å². The maximum atomic E-state index is 12.2. The number of piperazine rings is 1. The molecule has 1 heterocycles. The first-order valence-electron chi connectivity index (χ1n) is 7.78. The Morgan fingerprint density at radius 2 is 1.59 bits per heavy atom. The fourth-order valence-electron chi connectivity index (χ4n) is 2.60. The van der Waals surface area contributed by atoms with E-state index in [-0.39, 0.29) is 17.7 Å². The van der Waals surface area contributed by atoms with E-state index in [4.69, 9.17) is 11.6 Å². The SMILES string of the molecule is CC(C)C(=O)N1CCN(C(=O)CCc2ccc(Cl)cc2)CC1. The molecule has 0 atom stereocenters. The molecule has 4 nitrogen and oxygen atoms in total. The Morgan fingerprint density at radius 1 is 1.05 bits per heavy atom. The van der Waals surface area contributed by atoms with Crippen molar-refractivity contribution in [3.05, 3.63) is 34.9 Å². The smallest absolute Gasteiger partial charge is 0.225 e. The highest BCUT2D eigenvalue weighted by molar-refractivity contribution is 6.30. The van der Waals surface area contributed by atoms with Crippen LogP contribution in [0.2, 0.25) is 5.02 Å². The lowest BCUT2D eigenvalue weighted by atomic mass is 10.1. The molecule has 22 heavy (non-hydrogen) atoms. The highest BCUT2D eigenvalue weighted by Crippen LogP contribution is 2.13. The maximum absolute atomic E-state index is 12.2. The van der Waals surface area contributed by atoms with Crippen LogP contribution in [0.4, 0.5) is 0 Å². The van der Waals surface area contributed by atoms with E-state index in [1.54, 1.807) is 0 Å². The van der Waals surface area contributed by atoms with Crippen molar-refractivity contribution in [3.63, 3.8) is 0 Å². The first-order valence-corrected chi connectivity index (χ1v) is 8.16. The number of hydrogen-bond donors (Lipinski definition) is 0. The zero-order valence-corrected chi connectivity index (χ0v) is 14.0. The number of carbonyl (C=O) groups is 2. The Labute approximate surface area is 137 Å². The second kappa shape index (κ2) is 7.63. The van der Waals surface area contributed by atoms with Crippen molar-refractivity contribution in [2.24, 2.45) is 5.92 Å². The quantitative estimate of drug-likeness (QED) is 0.855. The van der Waals surface area contributed by atoms with Crippen LogP contribution < -0.4 is 0 Å². The lowest BCUT2D eigenvalue weighted by Gasteiger charge is -2.35. The number of benzene rings is 1. The molecule has 0 aliphatic carbocycles. The van der Waals surface area contributed by atoms with Crippen LogP contribution in [0.25, 0.3) is 0 Å². The lowest BCUT2D eigenvalue weighted by molar-refractivity contribution is -0.141. The largest absolute Gasteiger partial charge is 0.339 e. The van der Waals surface area contributed by atoms with Crippen LogP contribution in [-0.4, -0.2) is 47.8 Å². The Hall–Kier alpha value is -1.55. The molecule has 1 saturated heterocycles. The van der Waals surface area contributed by atoms with Gasteiger partial charge in [0.1, 0.15) is 0 Å². The zero-order chi connectivity index (χ0) is 16.1. The molecule has 1 aromatic rings. The summed E-state index contributed by atoms with van der Waals surface area (Å²) in [5.41, 5.74) is 1.12. The zero-order valence-electron chi connectivity index (χ0n) is 13.2. The van der Waals surface area contributed by atoms with Crippen molar-refractivity contribution in [1.29, 1.82) is 0 Å². The van der Waals surface area contributed by atoms with E-state index < -0.39 is 0 Å². The van der Waals surface area contributed by atoms with E-state index in [0.717, 1.165) is 12.0 Å². The molecule has 0 spiro atoms. The van der Waals surface area contributed by atoms with E-state index in [2.05, 4.69) is 0 Å². The Bertz CT molecular complexity index is 520. The summed E-state index contributed by atoms with van der Waals surface area (Å²) in [6.07, 6.45) is 1.22. The summed E-state index contributed by atoms with van der Waals surface area (Å²) in [5, 5.41) is 0.709. The summed E-state index contributed by atoms with van der Waals surface area (Å²) in [7, 11) is 0. The van der Waals surface area contributed by atoms with Gasteiger partial charge >= 0.3 is 0 Å². The Morgan fingerprint density at radius 3 is 2.14 bits per heavy atom. The fraction of sp³-hybridized carbons (Fsp3) is 0.529. The molecule has 0 radical (unpaired) electrons. The molecule has 0 unspecified atom stereocenters. The molecule has 0 N–H and O–H groups in total. The summed E-state index contributed by atoms with van der Waals surface area (Å²) in [6.45, 7) is 6.38. The number of amides is 2. The molecule has 5 heteroatoms. The Balaban J connectivity index is 1.77. The third kappa shape index (κ3) is 4.47. The van der Waals surface area contributed by atoms with Crippen LogP contribution in [0.1, 0.15) is 25.8 Å². The predicted molar refractivity (Wildman–Crippen MR) is 87.8 cm³/mol. The van der Waals surface area contributed by atoms with Crippen molar-refractivity contribution in [1.82, 2.24) is 9.80 Å². The van der Waals surface area contributed by atoms with E-state index in [9.17, 15) is 9.59 Å². The number of nitrogens with zero attached hydrogens (tertiary/aromatic N) is 2. The van der Waals surface area contributed by atoms with Crippen LogP contribution in [-0.2, 0) is 16.0 Å². The van der Waals surface area contributed by atoms with Crippen LogP contribution >= 0.6 is 11.6 Å². The van der Waals surface area contributed by atoms with Gasteiger partial charge in [-0.05, 0) is 24.1 Å². The van der Waals surface area contributed by atoms with Crippen LogP contribution in [0.15, 0.2) is 24.3 Å². The number of rotatable bonds is 4. The van der Waals surface area contributed by atoms with E-state index in [1.807, 2.05) is 47.9 Å². The molecular weight excluding hydrogens is 300 g/mol. The minimum absolute atomic E-state index is 0.0205. The van der Waals surface area contributed by atoms with Gasteiger partial charge in [0, 0.05) is 43.5 Å². The summed E-state index contributed by atoms with van der Waals surface area (Å²) in [4.78, 5) is 27.9. The second-order valence-electron chi connectivity index (χ2n) is 5.99. The van der Waals surface area contributed by atoms with E-state index in [1.165, 1.54) is 0 Å². The van der Waals surface area contributed by atoms with Gasteiger partial charge in [0.15, 0.2) is 0 Å². The van der Waals surface area contributed by atoms with Gasteiger partial charge in [-0.2, -0.15) is 0 Å². The number of hydrogen-bond acceptors (Lipinski definition) is 2. The maximum Gasteiger partial charge on any atom is 0.225 e. The highest BCUT2D eigenvalue weighted by atomic mass is 35.5. The molecule has 2 rings (SSSR count). The fourth-order valence-corrected chi connectivity index (χ4v) is 2.73. The van der Waals surface area contributed by atoms with Gasteiger partial charge in [-0.1, -0.05) is 37.6 Å². The summed E-state index contributed by atoms with van der Waals surface area (Å²) in [5.74, 6) is 0.354. The minimum Gasteiger partial charge on any atom is -0.339 e. The predicted octanol–water partition coefficient (Wildman–Crippen LogP) is 2.60. The third-order valence-electron chi connectivity index (χ3n) is 3.98.